The minimum atomic E-state index is 1.02. The second kappa shape index (κ2) is 9.30. The molecule has 0 saturated carbocycles. The fraction of sp³-hybridized carbons (Fsp3) is 0. The van der Waals surface area contributed by atoms with Crippen molar-refractivity contribution in [1.29, 1.82) is 0 Å². The molecule has 1 aromatic heterocycles. The second-order valence-corrected chi connectivity index (χ2v) is 10.5. The number of halogens is 2. The molecule has 0 spiro atoms. The minimum absolute atomic E-state index is 1.02. The number of aromatic nitrogens is 1. The molecule has 1 nitrogen and oxygen atoms in total. The molecule has 0 bridgehead atoms. The average Bonchev–Trinajstić information content (AvgIpc) is 2.84. The largest absolute Gasteiger partial charge is 0.256 e. The van der Waals surface area contributed by atoms with Crippen molar-refractivity contribution in [2.75, 3.05) is 0 Å². The molecule has 0 unspecified atom stereocenters. The van der Waals surface area contributed by atoms with Gasteiger partial charge in [0.25, 0.3) is 0 Å². The summed E-state index contributed by atoms with van der Waals surface area (Å²) >= 11 is 4.65. The van der Waals surface area contributed by atoms with Crippen molar-refractivity contribution in [3.05, 3.63) is 107 Å². The van der Waals surface area contributed by atoms with Crippen LogP contribution < -0.4 is 0 Å². The van der Waals surface area contributed by atoms with Gasteiger partial charge in [0.05, 0.1) is 5.52 Å². The van der Waals surface area contributed by atoms with Crippen molar-refractivity contribution in [2.24, 2.45) is 0 Å². The van der Waals surface area contributed by atoms with Gasteiger partial charge in [0.15, 0.2) is 0 Å². The molecule has 5 rings (SSSR count). The first-order chi connectivity index (χ1) is 15.2. The number of hydrogen-bond acceptors (Lipinski definition) is 2. The standard InChI is InChI=1S/C27H17I2NS/c28-25-11-7-20(8-12-25)22-5-6-23-15-24(17-30-27(23)16-22)21-3-1-18(2-4-21)19-9-13-26(31-29)14-10-19/h1-17H. The monoisotopic (exact) mass is 641 g/mol. The Morgan fingerprint density at radius 2 is 1.06 bits per heavy atom. The molecule has 0 aliphatic rings. The van der Waals surface area contributed by atoms with E-state index in [1.807, 2.05) is 6.20 Å². The van der Waals surface area contributed by atoms with Crippen molar-refractivity contribution >= 4 is 63.6 Å². The zero-order valence-corrected chi connectivity index (χ0v) is 21.6. The zero-order valence-electron chi connectivity index (χ0n) is 16.4. The third kappa shape index (κ3) is 4.66. The molecule has 4 heteroatoms. The van der Waals surface area contributed by atoms with Gasteiger partial charge in [0.2, 0.25) is 0 Å². The molecule has 31 heavy (non-hydrogen) atoms. The van der Waals surface area contributed by atoms with Crippen LogP contribution >= 0.6 is 52.7 Å². The molecule has 5 aromatic rings. The van der Waals surface area contributed by atoms with Gasteiger partial charge in [-0.3, -0.25) is 4.98 Å². The van der Waals surface area contributed by atoms with Crippen molar-refractivity contribution in [3.8, 4) is 33.4 Å². The Hall–Kier alpha value is -1.90. The fourth-order valence-corrected chi connectivity index (χ4v) is 5.13. The molecule has 0 fully saturated rings. The molecular formula is C27H17I2NS. The highest BCUT2D eigenvalue weighted by Crippen LogP contribution is 2.31. The van der Waals surface area contributed by atoms with Crippen LogP contribution in [0.2, 0.25) is 0 Å². The number of nitrogens with zero attached hydrogens (tertiary/aromatic N) is 1. The van der Waals surface area contributed by atoms with Crippen LogP contribution in [0.1, 0.15) is 0 Å². The van der Waals surface area contributed by atoms with Crippen molar-refractivity contribution < 1.29 is 0 Å². The summed E-state index contributed by atoms with van der Waals surface area (Å²) < 4.78 is 1.24. The van der Waals surface area contributed by atoms with E-state index in [0.29, 0.717) is 0 Å². The quantitative estimate of drug-likeness (QED) is 0.182. The smallest absolute Gasteiger partial charge is 0.0708 e. The van der Waals surface area contributed by atoms with E-state index in [9.17, 15) is 0 Å². The predicted molar refractivity (Wildman–Crippen MR) is 151 cm³/mol. The van der Waals surface area contributed by atoms with Gasteiger partial charge in [0, 0.05) is 46.8 Å². The summed E-state index contributed by atoms with van der Waals surface area (Å²) in [7, 11) is 1.74. The lowest BCUT2D eigenvalue weighted by molar-refractivity contribution is 1.41. The normalized spacial score (nSPS) is 11.0. The first-order valence-corrected chi connectivity index (χ1v) is 14.3. The first kappa shape index (κ1) is 21.0. The van der Waals surface area contributed by atoms with Crippen LogP contribution in [0.25, 0.3) is 44.3 Å². The highest BCUT2D eigenvalue weighted by atomic mass is 127. The number of rotatable bonds is 4. The van der Waals surface area contributed by atoms with E-state index in [4.69, 9.17) is 4.98 Å². The third-order valence-corrected chi connectivity index (χ3v) is 8.05. The molecule has 0 radical (unpaired) electrons. The maximum absolute atomic E-state index is 4.76. The molecule has 1 heterocycles. The first-order valence-electron chi connectivity index (χ1n) is 9.85. The summed E-state index contributed by atoms with van der Waals surface area (Å²) in [5.41, 5.74) is 8.21. The lowest BCUT2D eigenvalue weighted by Crippen LogP contribution is -1.86. The number of hydrogen-bond donors (Lipinski definition) is 0. The summed E-state index contributed by atoms with van der Waals surface area (Å²) in [6.07, 6.45) is 1.97. The highest BCUT2D eigenvalue weighted by molar-refractivity contribution is 14.2. The highest BCUT2D eigenvalue weighted by Gasteiger charge is 2.05. The molecule has 0 atom stereocenters. The lowest BCUT2D eigenvalue weighted by atomic mass is 9.99. The summed E-state index contributed by atoms with van der Waals surface area (Å²) in [4.78, 5) is 6.03. The Labute approximate surface area is 212 Å². The van der Waals surface area contributed by atoms with Gasteiger partial charge < -0.3 is 0 Å². The van der Waals surface area contributed by atoms with Gasteiger partial charge in [-0.2, -0.15) is 0 Å². The molecule has 0 amide bonds. The summed E-state index contributed by atoms with van der Waals surface area (Å²) in [6, 6.07) is 34.7. The van der Waals surface area contributed by atoms with E-state index in [1.165, 1.54) is 36.3 Å². The molecule has 0 aliphatic carbocycles. The molecule has 0 saturated heterocycles. The van der Waals surface area contributed by atoms with Crippen molar-refractivity contribution in [2.45, 2.75) is 4.90 Å². The third-order valence-electron chi connectivity index (χ3n) is 5.36. The van der Waals surface area contributed by atoms with Crippen LogP contribution in [0.5, 0.6) is 0 Å². The Kier molecular flexibility index (Phi) is 6.29. The van der Waals surface area contributed by atoms with E-state index < -0.39 is 0 Å². The Bertz CT molecular complexity index is 1350. The fourth-order valence-electron chi connectivity index (χ4n) is 3.66. The lowest BCUT2D eigenvalue weighted by Gasteiger charge is -2.08. The van der Waals surface area contributed by atoms with Crippen molar-refractivity contribution in [1.82, 2.24) is 4.98 Å². The maximum atomic E-state index is 4.76. The number of pyridine rings is 1. The van der Waals surface area contributed by atoms with E-state index in [2.05, 4.69) is 141 Å². The van der Waals surface area contributed by atoms with Crippen LogP contribution in [0.3, 0.4) is 0 Å². The molecular weight excluding hydrogens is 624 g/mol. The van der Waals surface area contributed by atoms with E-state index in [0.717, 1.165) is 16.5 Å². The zero-order chi connectivity index (χ0) is 21.2. The summed E-state index contributed by atoms with van der Waals surface area (Å²) in [6.45, 7) is 0. The van der Waals surface area contributed by atoms with E-state index >= 15 is 0 Å². The average molecular weight is 641 g/mol. The number of benzene rings is 4. The second-order valence-electron chi connectivity index (χ2n) is 7.32. The van der Waals surface area contributed by atoms with E-state index in [-0.39, 0.29) is 0 Å². The van der Waals surface area contributed by atoms with Crippen molar-refractivity contribution in [3.63, 3.8) is 0 Å². The molecule has 0 aliphatic heterocycles. The van der Waals surface area contributed by atoms with E-state index in [1.54, 1.807) is 8.93 Å². The van der Waals surface area contributed by atoms with Crippen LogP contribution in [-0.2, 0) is 0 Å². The summed E-state index contributed by atoms with van der Waals surface area (Å²) in [5, 5.41) is 1.16. The Morgan fingerprint density at radius 3 is 1.71 bits per heavy atom. The Balaban J connectivity index is 1.43. The molecule has 150 valence electrons. The SMILES string of the molecule is ISc1ccc(-c2ccc(-c3cnc4cc(-c5ccc(I)cc5)ccc4c3)cc2)cc1. The predicted octanol–water partition coefficient (Wildman–Crippen LogP) is 9.28. The Morgan fingerprint density at radius 1 is 0.548 bits per heavy atom. The maximum Gasteiger partial charge on any atom is 0.0708 e. The van der Waals surface area contributed by atoms with Gasteiger partial charge >= 0.3 is 0 Å². The minimum Gasteiger partial charge on any atom is -0.256 e. The topological polar surface area (TPSA) is 12.9 Å². The summed E-state index contributed by atoms with van der Waals surface area (Å²) in [5.74, 6) is 0. The van der Waals surface area contributed by atoms with Gasteiger partial charge in [-0.25, -0.2) is 0 Å². The van der Waals surface area contributed by atoms with Crippen LogP contribution in [0.15, 0.2) is 108 Å². The van der Waals surface area contributed by atoms with Gasteiger partial charge in [-0.05, 0) is 86.8 Å². The van der Waals surface area contributed by atoms with Gasteiger partial charge in [-0.15, -0.1) is 0 Å². The van der Waals surface area contributed by atoms with Crippen LogP contribution in [0, 0.1) is 3.57 Å². The van der Waals surface area contributed by atoms with Gasteiger partial charge in [-0.1, -0.05) is 69.6 Å². The van der Waals surface area contributed by atoms with Crippen LogP contribution in [-0.4, -0.2) is 4.98 Å². The molecule has 0 N–H and O–H groups in total. The molecule has 4 aromatic carbocycles. The van der Waals surface area contributed by atoms with Crippen LogP contribution in [0.4, 0.5) is 0 Å². The van der Waals surface area contributed by atoms with Gasteiger partial charge in [0.1, 0.15) is 0 Å². The number of fused-ring (bicyclic) bond motifs is 1.